The van der Waals surface area contributed by atoms with Crippen molar-refractivity contribution in [3.63, 3.8) is 0 Å². The fourth-order valence-corrected chi connectivity index (χ4v) is 4.15. The summed E-state index contributed by atoms with van der Waals surface area (Å²) in [6, 6.07) is 2.14. The predicted molar refractivity (Wildman–Crippen MR) is 96.3 cm³/mol. The summed E-state index contributed by atoms with van der Waals surface area (Å²) < 4.78 is 16.6. The zero-order chi connectivity index (χ0) is 17.8. The molecule has 4 heteroatoms. The molecule has 0 aromatic carbocycles. The Morgan fingerprint density at radius 2 is 2.32 bits per heavy atom. The van der Waals surface area contributed by atoms with Crippen LogP contribution in [0.5, 0.6) is 0 Å². The van der Waals surface area contributed by atoms with Crippen LogP contribution in [0, 0.1) is 17.8 Å². The second-order valence-electron chi connectivity index (χ2n) is 7.53. The van der Waals surface area contributed by atoms with Gasteiger partial charge in [0.05, 0.1) is 26.1 Å². The van der Waals surface area contributed by atoms with E-state index in [2.05, 4.69) is 32.1 Å². The number of carbonyl (C=O) groups is 1. The van der Waals surface area contributed by atoms with Gasteiger partial charge in [-0.3, -0.25) is 4.79 Å². The van der Waals surface area contributed by atoms with Crippen molar-refractivity contribution >= 4 is 5.97 Å². The van der Waals surface area contributed by atoms with E-state index in [1.54, 1.807) is 0 Å². The molecule has 1 aromatic heterocycles. The number of esters is 1. The number of fused-ring (bicyclic) bond motifs is 2. The summed E-state index contributed by atoms with van der Waals surface area (Å²) in [6.45, 7) is 5.24. The first kappa shape index (κ1) is 18.2. The first-order valence-corrected chi connectivity index (χ1v) is 9.55. The summed E-state index contributed by atoms with van der Waals surface area (Å²) >= 11 is 0. The van der Waals surface area contributed by atoms with Crippen LogP contribution in [-0.2, 0) is 20.7 Å². The zero-order valence-electron chi connectivity index (χ0n) is 15.6. The van der Waals surface area contributed by atoms with Crippen LogP contribution in [0.25, 0.3) is 0 Å². The normalized spacial score (nSPS) is 29.9. The molecule has 1 aliphatic carbocycles. The fourth-order valence-electron chi connectivity index (χ4n) is 4.15. The van der Waals surface area contributed by atoms with E-state index in [1.165, 1.54) is 12.7 Å². The van der Waals surface area contributed by atoms with Crippen LogP contribution in [-0.4, -0.2) is 25.8 Å². The summed E-state index contributed by atoms with van der Waals surface area (Å²) in [4.78, 5) is 11.4. The molecule has 3 rings (SSSR count). The van der Waals surface area contributed by atoms with Gasteiger partial charge in [0.1, 0.15) is 5.76 Å². The van der Waals surface area contributed by atoms with Gasteiger partial charge in [0, 0.05) is 24.3 Å². The number of hydrogen-bond acceptors (Lipinski definition) is 4. The first-order chi connectivity index (χ1) is 12.1. The van der Waals surface area contributed by atoms with E-state index in [0.717, 1.165) is 38.1 Å². The first-order valence-electron chi connectivity index (χ1n) is 9.55. The molecule has 138 valence electrons. The van der Waals surface area contributed by atoms with Gasteiger partial charge in [0.25, 0.3) is 0 Å². The average molecular weight is 346 g/mol. The number of methoxy groups -OCH3 is 1. The molecule has 1 fully saturated rings. The SMILES string of the molecule is CCC(C)/C=C/[C@H]1c2ccoc2C[C@@H]2CO[C@@H](CCC(=O)OC)C[C@H]21. The van der Waals surface area contributed by atoms with Crippen molar-refractivity contribution in [1.82, 2.24) is 0 Å². The summed E-state index contributed by atoms with van der Waals surface area (Å²) in [7, 11) is 1.44. The highest BCUT2D eigenvalue weighted by Crippen LogP contribution is 2.46. The van der Waals surface area contributed by atoms with Gasteiger partial charge in [0.2, 0.25) is 0 Å². The maximum Gasteiger partial charge on any atom is 0.305 e. The van der Waals surface area contributed by atoms with Crippen LogP contribution in [0.15, 0.2) is 28.9 Å². The van der Waals surface area contributed by atoms with Gasteiger partial charge in [-0.2, -0.15) is 0 Å². The number of rotatable bonds is 6. The molecule has 0 bridgehead atoms. The summed E-state index contributed by atoms with van der Waals surface area (Å²) in [6.07, 6.45) is 11.0. The lowest BCUT2D eigenvalue weighted by atomic mass is 9.67. The van der Waals surface area contributed by atoms with Gasteiger partial charge < -0.3 is 13.9 Å². The molecular weight excluding hydrogens is 316 g/mol. The summed E-state index contributed by atoms with van der Waals surface area (Å²) in [5.74, 6) is 3.01. The Morgan fingerprint density at radius 3 is 3.08 bits per heavy atom. The van der Waals surface area contributed by atoms with E-state index in [-0.39, 0.29) is 12.1 Å². The Bertz CT molecular complexity index is 603. The van der Waals surface area contributed by atoms with E-state index < -0.39 is 0 Å². The van der Waals surface area contributed by atoms with E-state index in [1.807, 2.05) is 6.26 Å². The van der Waals surface area contributed by atoms with Gasteiger partial charge in [0.15, 0.2) is 0 Å². The number of ether oxygens (including phenoxy) is 2. The molecular formula is C21H30O4. The molecule has 5 atom stereocenters. The quantitative estimate of drug-likeness (QED) is 0.562. The van der Waals surface area contributed by atoms with Crippen LogP contribution in [0.3, 0.4) is 0 Å². The highest BCUT2D eigenvalue weighted by atomic mass is 16.5. The van der Waals surface area contributed by atoms with Gasteiger partial charge in [-0.25, -0.2) is 0 Å². The van der Waals surface area contributed by atoms with Gasteiger partial charge >= 0.3 is 5.97 Å². The van der Waals surface area contributed by atoms with Crippen molar-refractivity contribution < 1.29 is 18.7 Å². The van der Waals surface area contributed by atoms with Crippen molar-refractivity contribution in [2.75, 3.05) is 13.7 Å². The summed E-state index contributed by atoms with van der Waals surface area (Å²) in [5, 5.41) is 0. The van der Waals surface area contributed by atoms with Gasteiger partial charge in [-0.1, -0.05) is 32.4 Å². The van der Waals surface area contributed by atoms with Crippen molar-refractivity contribution in [3.05, 3.63) is 35.8 Å². The highest BCUT2D eigenvalue weighted by molar-refractivity contribution is 5.69. The van der Waals surface area contributed by atoms with E-state index in [4.69, 9.17) is 13.9 Å². The van der Waals surface area contributed by atoms with Crippen LogP contribution in [0.2, 0.25) is 0 Å². The van der Waals surface area contributed by atoms with Crippen LogP contribution in [0.1, 0.15) is 56.8 Å². The van der Waals surface area contributed by atoms with Crippen LogP contribution in [0.4, 0.5) is 0 Å². The number of carbonyl (C=O) groups excluding carboxylic acids is 1. The van der Waals surface area contributed by atoms with Gasteiger partial charge in [-0.15, -0.1) is 0 Å². The van der Waals surface area contributed by atoms with E-state index >= 15 is 0 Å². The minimum absolute atomic E-state index is 0.147. The molecule has 0 N–H and O–H groups in total. The lowest BCUT2D eigenvalue weighted by Crippen LogP contribution is -2.40. The molecule has 2 aliphatic rings. The molecule has 1 unspecified atom stereocenters. The molecule has 0 radical (unpaired) electrons. The van der Waals surface area contributed by atoms with Gasteiger partial charge in [-0.05, 0) is 36.7 Å². The lowest BCUT2D eigenvalue weighted by Gasteiger charge is -2.42. The molecule has 0 spiro atoms. The molecule has 0 amide bonds. The molecule has 1 saturated heterocycles. The largest absolute Gasteiger partial charge is 0.469 e. The smallest absolute Gasteiger partial charge is 0.305 e. The van der Waals surface area contributed by atoms with E-state index in [0.29, 0.717) is 30.1 Å². The third kappa shape index (κ3) is 4.17. The third-order valence-electron chi connectivity index (χ3n) is 5.92. The van der Waals surface area contributed by atoms with E-state index in [9.17, 15) is 4.79 Å². The standard InChI is InChI=1S/C21H30O4/c1-4-14(2)5-7-17-18-9-10-24-20(18)11-15-13-25-16(12-19(15)17)6-8-21(22)23-3/h5,7,9-10,14-17,19H,4,6,8,11-13H2,1-3H3/b7-5+/t14?,15-,16+,17+,19-/m1/s1. The van der Waals surface area contributed by atoms with Crippen molar-refractivity contribution in [2.24, 2.45) is 17.8 Å². The van der Waals surface area contributed by atoms with Crippen LogP contribution < -0.4 is 0 Å². The Balaban J connectivity index is 1.74. The Labute approximate surface area is 150 Å². The molecule has 0 saturated carbocycles. The topological polar surface area (TPSA) is 48.7 Å². The average Bonchev–Trinajstić information content (AvgIpc) is 3.10. The molecule has 1 aliphatic heterocycles. The molecule has 1 aromatic rings. The predicted octanol–water partition coefficient (Wildman–Crippen LogP) is 4.50. The number of furan rings is 1. The van der Waals surface area contributed by atoms with Crippen molar-refractivity contribution in [3.8, 4) is 0 Å². The number of hydrogen-bond donors (Lipinski definition) is 0. The second-order valence-corrected chi connectivity index (χ2v) is 7.53. The maximum absolute atomic E-state index is 11.4. The van der Waals surface area contributed by atoms with Crippen LogP contribution >= 0.6 is 0 Å². The fraction of sp³-hybridized carbons (Fsp3) is 0.667. The Hall–Kier alpha value is -1.55. The Morgan fingerprint density at radius 1 is 1.48 bits per heavy atom. The second kappa shape index (κ2) is 8.22. The molecule has 25 heavy (non-hydrogen) atoms. The Kier molecular flexibility index (Phi) is 6.00. The summed E-state index contributed by atoms with van der Waals surface area (Å²) in [5.41, 5.74) is 1.34. The maximum atomic E-state index is 11.4. The third-order valence-corrected chi connectivity index (χ3v) is 5.92. The minimum Gasteiger partial charge on any atom is -0.469 e. The zero-order valence-corrected chi connectivity index (χ0v) is 15.6. The molecule has 4 nitrogen and oxygen atoms in total. The monoisotopic (exact) mass is 346 g/mol. The number of allylic oxidation sites excluding steroid dienone is 2. The van der Waals surface area contributed by atoms with Crippen molar-refractivity contribution in [1.29, 1.82) is 0 Å². The highest BCUT2D eigenvalue weighted by Gasteiger charge is 2.41. The minimum atomic E-state index is -0.153. The molecule has 2 heterocycles. The van der Waals surface area contributed by atoms with Crippen molar-refractivity contribution in [2.45, 2.75) is 58.0 Å². The lowest BCUT2D eigenvalue weighted by molar-refractivity contribution is -0.142.